The summed E-state index contributed by atoms with van der Waals surface area (Å²) in [5.74, 6) is 0.401. The van der Waals surface area contributed by atoms with Gasteiger partial charge in [-0.3, -0.25) is 4.79 Å². The molecule has 1 aromatic carbocycles. The number of ether oxygens (including phenoxy) is 1. The molecule has 0 unspecified atom stereocenters. The lowest BCUT2D eigenvalue weighted by Gasteiger charge is -2.13. The summed E-state index contributed by atoms with van der Waals surface area (Å²) in [6.07, 6.45) is 8.14. The van der Waals surface area contributed by atoms with Gasteiger partial charge in [0, 0.05) is 18.3 Å². The van der Waals surface area contributed by atoms with Crippen LogP contribution in [0.4, 0.5) is 5.69 Å². The molecule has 0 atom stereocenters. The molecule has 2 rings (SSSR count). The standard InChI is InChI=1S/C16H22N2O2/c1-20-15-11-13(17)7-8-14(15)16(19)18-10-9-12-5-3-2-4-6-12/h5,7-8,11H,2-4,6,9-10,17H2,1H3,(H,18,19). The fraction of sp³-hybridized carbons (Fsp3) is 0.438. The van der Waals surface area contributed by atoms with Gasteiger partial charge in [-0.2, -0.15) is 0 Å². The molecular formula is C16H22N2O2. The first-order chi connectivity index (χ1) is 9.70. The van der Waals surface area contributed by atoms with Gasteiger partial charge in [-0.1, -0.05) is 11.6 Å². The summed E-state index contributed by atoms with van der Waals surface area (Å²) in [6, 6.07) is 5.07. The van der Waals surface area contributed by atoms with Gasteiger partial charge in [-0.05, 0) is 44.2 Å². The van der Waals surface area contributed by atoms with Gasteiger partial charge in [0.15, 0.2) is 0 Å². The molecule has 108 valence electrons. The van der Waals surface area contributed by atoms with Crippen LogP contribution in [0, 0.1) is 0 Å². The van der Waals surface area contributed by atoms with Crippen LogP contribution in [0.2, 0.25) is 0 Å². The minimum absolute atomic E-state index is 0.113. The molecule has 20 heavy (non-hydrogen) atoms. The normalized spacial score (nSPS) is 14.6. The Morgan fingerprint density at radius 3 is 2.95 bits per heavy atom. The van der Waals surface area contributed by atoms with Crippen LogP contribution in [-0.4, -0.2) is 19.6 Å². The third-order valence-electron chi connectivity index (χ3n) is 3.59. The van der Waals surface area contributed by atoms with Crippen molar-refractivity contribution in [3.63, 3.8) is 0 Å². The molecule has 0 saturated heterocycles. The van der Waals surface area contributed by atoms with Crippen molar-refractivity contribution in [2.75, 3.05) is 19.4 Å². The highest BCUT2D eigenvalue weighted by Crippen LogP contribution is 2.22. The Labute approximate surface area is 120 Å². The molecular weight excluding hydrogens is 252 g/mol. The summed E-state index contributed by atoms with van der Waals surface area (Å²) in [7, 11) is 1.54. The maximum absolute atomic E-state index is 12.1. The van der Waals surface area contributed by atoms with E-state index in [1.807, 2.05) is 0 Å². The summed E-state index contributed by atoms with van der Waals surface area (Å²) in [4.78, 5) is 12.1. The van der Waals surface area contributed by atoms with Crippen molar-refractivity contribution in [1.82, 2.24) is 5.32 Å². The maximum atomic E-state index is 12.1. The number of rotatable bonds is 5. The molecule has 0 aromatic heterocycles. The van der Waals surface area contributed by atoms with Crippen molar-refractivity contribution in [1.29, 1.82) is 0 Å². The van der Waals surface area contributed by atoms with Crippen molar-refractivity contribution in [3.8, 4) is 5.75 Å². The third-order valence-corrected chi connectivity index (χ3v) is 3.59. The Bertz CT molecular complexity index is 509. The van der Waals surface area contributed by atoms with E-state index < -0.39 is 0 Å². The average Bonchev–Trinajstić information content (AvgIpc) is 2.48. The van der Waals surface area contributed by atoms with Crippen molar-refractivity contribution in [2.45, 2.75) is 32.1 Å². The average molecular weight is 274 g/mol. The molecule has 1 aromatic rings. The Morgan fingerprint density at radius 2 is 2.25 bits per heavy atom. The first kappa shape index (κ1) is 14.4. The van der Waals surface area contributed by atoms with E-state index in [1.165, 1.54) is 31.3 Å². The van der Waals surface area contributed by atoms with Crippen molar-refractivity contribution in [3.05, 3.63) is 35.4 Å². The first-order valence-electron chi connectivity index (χ1n) is 7.10. The molecule has 0 spiro atoms. The van der Waals surface area contributed by atoms with Crippen LogP contribution in [0.25, 0.3) is 0 Å². The summed E-state index contributed by atoms with van der Waals surface area (Å²) in [5, 5.41) is 2.94. The third kappa shape index (κ3) is 3.76. The number of anilines is 1. The zero-order chi connectivity index (χ0) is 14.4. The molecule has 0 fully saturated rings. The number of carbonyl (C=O) groups excluding carboxylic acids is 1. The van der Waals surface area contributed by atoms with E-state index in [4.69, 9.17) is 10.5 Å². The number of nitrogen functional groups attached to an aromatic ring is 1. The number of nitrogens with one attached hydrogen (secondary N) is 1. The van der Waals surface area contributed by atoms with Gasteiger partial charge in [-0.25, -0.2) is 0 Å². The minimum atomic E-state index is -0.113. The Kier molecular flexibility index (Phi) is 5.04. The van der Waals surface area contributed by atoms with Crippen LogP contribution < -0.4 is 15.8 Å². The molecule has 1 aliphatic carbocycles. The van der Waals surface area contributed by atoms with Gasteiger partial charge in [0.2, 0.25) is 0 Å². The number of methoxy groups -OCH3 is 1. The van der Waals surface area contributed by atoms with Crippen LogP contribution in [0.3, 0.4) is 0 Å². The van der Waals surface area contributed by atoms with Crippen LogP contribution in [-0.2, 0) is 0 Å². The molecule has 0 saturated carbocycles. The second-order valence-electron chi connectivity index (χ2n) is 5.07. The van der Waals surface area contributed by atoms with E-state index in [0.29, 0.717) is 23.5 Å². The fourth-order valence-corrected chi connectivity index (χ4v) is 2.46. The number of hydrogen-bond donors (Lipinski definition) is 2. The highest BCUT2D eigenvalue weighted by atomic mass is 16.5. The highest BCUT2D eigenvalue weighted by molar-refractivity contribution is 5.97. The molecule has 0 radical (unpaired) electrons. The Hall–Kier alpha value is -1.97. The van der Waals surface area contributed by atoms with E-state index in [1.54, 1.807) is 25.3 Å². The molecule has 4 nitrogen and oxygen atoms in total. The number of hydrogen-bond acceptors (Lipinski definition) is 3. The quantitative estimate of drug-likeness (QED) is 0.641. The minimum Gasteiger partial charge on any atom is -0.496 e. The van der Waals surface area contributed by atoms with Crippen LogP contribution in [0.5, 0.6) is 5.75 Å². The molecule has 1 amide bonds. The number of benzene rings is 1. The number of carbonyl (C=O) groups is 1. The molecule has 0 aliphatic heterocycles. The predicted molar refractivity (Wildman–Crippen MR) is 80.9 cm³/mol. The van der Waals surface area contributed by atoms with Crippen LogP contribution >= 0.6 is 0 Å². The van der Waals surface area contributed by atoms with E-state index in [-0.39, 0.29) is 5.91 Å². The first-order valence-corrected chi connectivity index (χ1v) is 7.10. The van der Waals surface area contributed by atoms with Gasteiger partial charge in [-0.15, -0.1) is 0 Å². The lowest BCUT2D eigenvalue weighted by molar-refractivity contribution is 0.0951. The zero-order valence-corrected chi connectivity index (χ0v) is 11.9. The predicted octanol–water partition coefficient (Wildman–Crippen LogP) is 2.90. The highest BCUT2D eigenvalue weighted by Gasteiger charge is 2.12. The van der Waals surface area contributed by atoms with Crippen LogP contribution in [0.1, 0.15) is 42.5 Å². The lowest BCUT2D eigenvalue weighted by Crippen LogP contribution is -2.25. The SMILES string of the molecule is COc1cc(N)ccc1C(=O)NCCC1=CCCCC1. The molecule has 1 aliphatic rings. The largest absolute Gasteiger partial charge is 0.496 e. The zero-order valence-electron chi connectivity index (χ0n) is 11.9. The Morgan fingerprint density at radius 1 is 1.40 bits per heavy atom. The number of nitrogens with two attached hydrogens (primary N) is 1. The fourth-order valence-electron chi connectivity index (χ4n) is 2.46. The Balaban J connectivity index is 1.90. The van der Waals surface area contributed by atoms with Gasteiger partial charge in [0.25, 0.3) is 5.91 Å². The lowest BCUT2D eigenvalue weighted by atomic mass is 9.97. The number of allylic oxidation sites excluding steroid dienone is 1. The van der Waals surface area contributed by atoms with E-state index in [0.717, 1.165) is 6.42 Å². The van der Waals surface area contributed by atoms with E-state index in [9.17, 15) is 4.79 Å². The number of amides is 1. The molecule has 0 bridgehead atoms. The van der Waals surface area contributed by atoms with Crippen molar-refractivity contribution < 1.29 is 9.53 Å². The summed E-state index contributed by atoms with van der Waals surface area (Å²) in [6.45, 7) is 0.665. The molecule has 3 N–H and O–H groups in total. The van der Waals surface area contributed by atoms with Crippen molar-refractivity contribution >= 4 is 11.6 Å². The molecule has 4 heteroatoms. The van der Waals surface area contributed by atoms with Gasteiger partial charge in [0.05, 0.1) is 12.7 Å². The van der Waals surface area contributed by atoms with Gasteiger partial charge in [0.1, 0.15) is 5.75 Å². The van der Waals surface area contributed by atoms with Gasteiger partial charge >= 0.3 is 0 Å². The smallest absolute Gasteiger partial charge is 0.255 e. The molecule has 0 heterocycles. The topological polar surface area (TPSA) is 64.3 Å². The van der Waals surface area contributed by atoms with Gasteiger partial charge < -0.3 is 15.8 Å². The van der Waals surface area contributed by atoms with E-state index in [2.05, 4.69) is 11.4 Å². The summed E-state index contributed by atoms with van der Waals surface area (Å²) < 4.78 is 5.19. The van der Waals surface area contributed by atoms with Crippen LogP contribution in [0.15, 0.2) is 29.8 Å². The van der Waals surface area contributed by atoms with Crippen molar-refractivity contribution in [2.24, 2.45) is 0 Å². The monoisotopic (exact) mass is 274 g/mol. The summed E-state index contributed by atoms with van der Waals surface area (Å²) >= 11 is 0. The second kappa shape index (κ2) is 6.98. The summed E-state index contributed by atoms with van der Waals surface area (Å²) in [5.41, 5.74) is 8.26. The van der Waals surface area contributed by atoms with E-state index >= 15 is 0 Å². The second-order valence-corrected chi connectivity index (χ2v) is 5.07. The maximum Gasteiger partial charge on any atom is 0.255 e.